The SMILES string of the molecule is CCN(CC)C(=O)c1cnc2nc(C)ccc2c1Nc1cccc(C)c1. The van der Waals surface area contributed by atoms with Crippen molar-refractivity contribution >= 4 is 28.3 Å². The summed E-state index contributed by atoms with van der Waals surface area (Å²) in [5.74, 6) is -0.0277. The number of nitrogens with zero attached hydrogens (tertiary/aromatic N) is 3. The maximum absolute atomic E-state index is 13.0. The van der Waals surface area contributed by atoms with Crippen LogP contribution in [0.2, 0.25) is 0 Å². The molecule has 0 radical (unpaired) electrons. The average molecular weight is 348 g/mol. The van der Waals surface area contributed by atoms with Gasteiger partial charge in [0.1, 0.15) is 0 Å². The highest BCUT2D eigenvalue weighted by atomic mass is 16.2. The van der Waals surface area contributed by atoms with Crippen LogP contribution in [0.5, 0.6) is 0 Å². The number of hydrogen-bond acceptors (Lipinski definition) is 4. The number of fused-ring (bicyclic) bond motifs is 1. The van der Waals surface area contributed by atoms with E-state index in [9.17, 15) is 4.79 Å². The summed E-state index contributed by atoms with van der Waals surface area (Å²) in [5.41, 5.74) is 4.94. The molecule has 0 spiro atoms. The minimum atomic E-state index is -0.0277. The molecule has 0 saturated heterocycles. The number of hydrogen-bond donors (Lipinski definition) is 1. The number of rotatable bonds is 5. The molecule has 1 amide bonds. The lowest BCUT2D eigenvalue weighted by Crippen LogP contribution is -2.31. The molecule has 3 rings (SSSR count). The normalized spacial score (nSPS) is 10.8. The Labute approximate surface area is 154 Å². The van der Waals surface area contributed by atoms with Crippen molar-refractivity contribution in [2.75, 3.05) is 18.4 Å². The minimum Gasteiger partial charge on any atom is -0.354 e. The molecule has 0 atom stereocenters. The van der Waals surface area contributed by atoms with E-state index >= 15 is 0 Å². The molecule has 1 N–H and O–H groups in total. The molecule has 0 aliphatic rings. The van der Waals surface area contributed by atoms with Gasteiger partial charge >= 0.3 is 0 Å². The summed E-state index contributed by atoms with van der Waals surface area (Å²) in [5, 5.41) is 4.27. The molecule has 3 aromatic rings. The molecule has 134 valence electrons. The summed E-state index contributed by atoms with van der Waals surface area (Å²) in [6, 6.07) is 12.0. The van der Waals surface area contributed by atoms with Gasteiger partial charge in [-0.15, -0.1) is 0 Å². The van der Waals surface area contributed by atoms with Crippen LogP contribution in [-0.2, 0) is 0 Å². The summed E-state index contributed by atoms with van der Waals surface area (Å²) < 4.78 is 0. The Kier molecular flexibility index (Phi) is 5.16. The average Bonchev–Trinajstić information content (AvgIpc) is 2.62. The van der Waals surface area contributed by atoms with E-state index < -0.39 is 0 Å². The smallest absolute Gasteiger partial charge is 0.257 e. The third kappa shape index (κ3) is 3.52. The van der Waals surface area contributed by atoms with Crippen molar-refractivity contribution in [1.29, 1.82) is 0 Å². The van der Waals surface area contributed by atoms with Gasteiger partial charge in [-0.3, -0.25) is 4.79 Å². The zero-order valence-corrected chi connectivity index (χ0v) is 15.7. The molecule has 0 saturated carbocycles. The zero-order valence-electron chi connectivity index (χ0n) is 15.7. The molecule has 5 nitrogen and oxygen atoms in total. The fourth-order valence-corrected chi connectivity index (χ4v) is 3.02. The second-order valence-corrected chi connectivity index (χ2v) is 6.34. The molecule has 0 aliphatic carbocycles. The van der Waals surface area contributed by atoms with Crippen LogP contribution in [0.25, 0.3) is 11.0 Å². The first-order chi connectivity index (χ1) is 12.5. The number of benzene rings is 1. The lowest BCUT2D eigenvalue weighted by molar-refractivity contribution is 0.0774. The molecular formula is C21H24N4O. The highest BCUT2D eigenvalue weighted by Crippen LogP contribution is 2.29. The van der Waals surface area contributed by atoms with E-state index in [1.54, 1.807) is 11.1 Å². The second kappa shape index (κ2) is 7.52. The molecule has 26 heavy (non-hydrogen) atoms. The van der Waals surface area contributed by atoms with E-state index in [4.69, 9.17) is 0 Å². The Bertz CT molecular complexity index is 948. The van der Waals surface area contributed by atoms with Gasteiger partial charge in [0, 0.05) is 36.1 Å². The molecule has 0 unspecified atom stereocenters. The summed E-state index contributed by atoms with van der Waals surface area (Å²) in [7, 11) is 0. The molecule has 5 heteroatoms. The Morgan fingerprint density at radius 1 is 1.12 bits per heavy atom. The third-order valence-corrected chi connectivity index (χ3v) is 4.44. The summed E-state index contributed by atoms with van der Waals surface area (Å²) >= 11 is 0. The van der Waals surface area contributed by atoms with Gasteiger partial charge in [-0.05, 0) is 57.5 Å². The number of aromatic nitrogens is 2. The number of nitrogens with one attached hydrogen (secondary N) is 1. The topological polar surface area (TPSA) is 58.1 Å². The van der Waals surface area contributed by atoms with Gasteiger partial charge in [-0.1, -0.05) is 12.1 Å². The number of carbonyl (C=O) groups excluding carboxylic acids is 1. The monoisotopic (exact) mass is 348 g/mol. The van der Waals surface area contributed by atoms with Crippen LogP contribution in [0.15, 0.2) is 42.6 Å². The van der Waals surface area contributed by atoms with Gasteiger partial charge in [0.05, 0.1) is 11.3 Å². The summed E-state index contributed by atoms with van der Waals surface area (Å²) in [6.45, 7) is 9.25. The Morgan fingerprint density at radius 2 is 1.88 bits per heavy atom. The van der Waals surface area contributed by atoms with Gasteiger partial charge in [0.15, 0.2) is 5.65 Å². The molecule has 1 aromatic carbocycles. The lowest BCUT2D eigenvalue weighted by atomic mass is 10.1. The molecule has 0 aliphatic heterocycles. The van der Waals surface area contributed by atoms with Crippen molar-refractivity contribution in [2.45, 2.75) is 27.7 Å². The van der Waals surface area contributed by atoms with Crippen molar-refractivity contribution in [3.05, 3.63) is 59.4 Å². The largest absolute Gasteiger partial charge is 0.354 e. The minimum absolute atomic E-state index is 0.0277. The molecule has 2 aromatic heterocycles. The Balaban J connectivity index is 2.17. The van der Waals surface area contributed by atoms with E-state index in [0.717, 1.165) is 28.0 Å². The predicted molar refractivity (Wildman–Crippen MR) is 106 cm³/mol. The molecular weight excluding hydrogens is 324 g/mol. The first-order valence-electron chi connectivity index (χ1n) is 8.92. The summed E-state index contributed by atoms with van der Waals surface area (Å²) in [6.07, 6.45) is 1.63. The molecule has 0 fully saturated rings. The summed E-state index contributed by atoms with van der Waals surface area (Å²) in [4.78, 5) is 23.8. The van der Waals surface area contributed by atoms with Crippen molar-refractivity contribution < 1.29 is 4.79 Å². The van der Waals surface area contributed by atoms with Crippen molar-refractivity contribution in [1.82, 2.24) is 14.9 Å². The van der Waals surface area contributed by atoms with E-state index in [1.807, 2.05) is 58.0 Å². The number of amides is 1. The van der Waals surface area contributed by atoms with Gasteiger partial charge in [-0.2, -0.15) is 0 Å². The maximum Gasteiger partial charge on any atom is 0.257 e. The molecule has 2 heterocycles. The fraction of sp³-hybridized carbons (Fsp3) is 0.286. The highest BCUT2D eigenvalue weighted by molar-refractivity contribution is 6.07. The predicted octanol–water partition coefficient (Wildman–Crippen LogP) is 4.47. The van der Waals surface area contributed by atoms with Crippen LogP contribution in [0, 0.1) is 13.8 Å². The third-order valence-electron chi connectivity index (χ3n) is 4.44. The van der Waals surface area contributed by atoms with Crippen LogP contribution >= 0.6 is 0 Å². The quantitative estimate of drug-likeness (QED) is 0.739. The number of pyridine rings is 2. The number of anilines is 2. The van der Waals surface area contributed by atoms with Crippen LogP contribution < -0.4 is 5.32 Å². The van der Waals surface area contributed by atoms with Crippen LogP contribution in [0.4, 0.5) is 11.4 Å². The second-order valence-electron chi connectivity index (χ2n) is 6.34. The van der Waals surface area contributed by atoms with E-state index in [2.05, 4.69) is 21.4 Å². The number of carbonyl (C=O) groups is 1. The first kappa shape index (κ1) is 17.9. The van der Waals surface area contributed by atoms with Crippen molar-refractivity contribution in [2.24, 2.45) is 0 Å². The van der Waals surface area contributed by atoms with Crippen LogP contribution in [-0.4, -0.2) is 33.9 Å². The van der Waals surface area contributed by atoms with E-state index in [-0.39, 0.29) is 5.91 Å². The number of aryl methyl sites for hydroxylation is 2. The van der Waals surface area contributed by atoms with Gasteiger partial charge in [0.25, 0.3) is 5.91 Å². The van der Waals surface area contributed by atoms with Gasteiger partial charge in [-0.25, -0.2) is 9.97 Å². The Morgan fingerprint density at radius 3 is 2.58 bits per heavy atom. The molecule has 0 bridgehead atoms. The van der Waals surface area contributed by atoms with E-state index in [1.165, 1.54) is 0 Å². The fourth-order valence-electron chi connectivity index (χ4n) is 3.02. The van der Waals surface area contributed by atoms with Crippen LogP contribution in [0.3, 0.4) is 0 Å². The van der Waals surface area contributed by atoms with Crippen LogP contribution in [0.1, 0.15) is 35.5 Å². The Hall–Kier alpha value is -2.95. The van der Waals surface area contributed by atoms with Gasteiger partial charge in [0.2, 0.25) is 0 Å². The zero-order chi connectivity index (χ0) is 18.7. The maximum atomic E-state index is 13.0. The standard InChI is InChI=1S/C21H24N4O/c1-5-25(6-2)21(26)18-13-22-20-17(11-10-15(4)23-20)19(18)24-16-9-7-8-14(3)12-16/h7-13H,5-6H2,1-4H3,(H,22,23,24). The van der Waals surface area contributed by atoms with Crippen molar-refractivity contribution in [3.63, 3.8) is 0 Å². The van der Waals surface area contributed by atoms with Gasteiger partial charge < -0.3 is 10.2 Å². The highest BCUT2D eigenvalue weighted by Gasteiger charge is 2.20. The van der Waals surface area contributed by atoms with E-state index in [0.29, 0.717) is 24.3 Å². The first-order valence-corrected chi connectivity index (χ1v) is 8.92. The lowest BCUT2D eigenvalue weighted by Gasteiger charge is -2.21. The van der Waals surface area contributed by atoms with Crippen molar-refractivity contribution in [3.8, 4) is 0 Å².